The number of non-ortho nitro benzene ring substituents is 1. The van der Waals surface area contributed by atoms with Crippen molar-refractivity contribution in [3.05, 3.63) is 64.0 Å². The van der Waals surface area contributed by atoms with Crippen molar-refractivity contribution in [3.63, 3.8) is 0 Å². The van der Waals surface area contributed by atoms with Crippen LogP contribution in [0.4, 0.5) is 5.69 Å². The molecule has 1 atom stereocenters. The van der Waals surface area contributed by atoms with E-state index in [-0.39, 0.29) is 23.2 Å². The van der Waals surface area contributed by atoms with Crippen molar-refractivity contribution in [1.29, 1.82) is 0 Å². The van der Waals surface area contributed by atoms with Gasteiger partial charge in [-0.1, -0.05) is 0 Å². The van der Waals surface area contributed by atoms with Gasteiger partial charge in [0, 0.05) is 37.1 Å². The fourth-order valence-corrected chi connectivity index (χ4v) is 3.29. The summed E-state index contributed by atoms with van der Waals surface area (Å²) < 4.78 is 2.14. The van der Waals surface area contributed by atoms with Crippen LogP contribution in [0.15, 0.2) is 42.6 Å². The summed E-state index contributed by atoms with van der Waals surface area (Å²) in [5, 5.41) is 13.0. The van der Waals surface area contributed by atoms with Crippen molar-refractivity contribution < 1.29 is 15.0 Å². The van der Waals surface area contributed by atoms with Crippen LogP contribution in [-0.4, -0.2) is 38.9 Å². The first-order valence-electron chi connectivity index (χ1n) is 8.79. The van der Waals surface area contributed by atoms with Crippen molar-refractivity contribution >= 4 is 11.6 Å². The molecule has 1 aromatic heterocycles. The number of aromatic nitrogens is 1. The fourth-order valence-electron chi connectivity index (χ4n) is 3.29. The molecule has 26 heavy (non-hydrogen) atoms. The number of carbonyl (C=O) groups excluding carboxylic acids is 1. The largest absolute Gasteiger partial charge is 0.348 e. The quantitative estimate of drug-likeness (QED) is 0.667. The highest BCUT2D eigenvalue weighted by Crippen LogP contribution is 2.33. The number of quaternary nitrogens is 1. The third-order valence-electron chi connectivity index (χ3n) is 4.67. The van der Waals surface area contributed by atoms with E-state index >= 15 is 0 Å². The minimum Gasteiger partial charge on any atom is -0.348 e. The molecular formula is C19H25N4O3+. The molecule has 3 rings (SSSR count). The predicted molar refractivity (Wildman–Crippen MR) is 97.6 cm³/mol. The van der Waals surface area contributed by atoms with E-state index in [1.807, 2.05) is 28.5 Å². The monoisotopic (exact) mass is 357 g/mol. The fraction of sp³-hybridized carbons (Fsp3) is 0.421. The van der Waals surface area contributed by atoms with Crippen molar-refractivity contribution in [2.75, 3.05) is 13.1 Å². The van der Waals surface area contributed by atoms with Gasteiger partial charge in [-0.25, -0.2) is 0 Å². The summed E-state index contributed by atoms with van der Waals surface area (Å²) in [6.07, 6.45) is 2.01. The molecule has 138 valence electrons. The Morgan fingerprint density at radius 1 is 1.23 bits per heavy atom. The van der Waals surface area contributed by atoms with Crippen molar-refractivity contribution in [2.45, 2.75) is 38.9 Å². The first-order valence-corrected chi connectivity index (χ1v) is 8.79. The molecular weight excluding hydrogens is 332 g/mol. The Morgan fingerprint density at radius 3 is 2.54 bits per heavy atom. The van der Waals surface area contributed by atoms with E-state index in [1.165, 1.54) is 12.1 Å². The zero-order chi connectivity index (χ0) is 18.9. The molecule has 0 fully saturated rings. The summed E-state index contributed by atoms with van der Waals surface area (Å²) in [6, 6.07) is 10.3. The third kappa shape index (κ3) is 3.77. The normalized spacial score (nSPS) is 17.0. The van der Waals surface area contributed by atoms with Crippen molar-refractivity contribution in [2.24, 2.45) is 0 Å². The molecule has 0 saturated heterocycles. The molecule has 0 radical (unpaired) electrons. The van der Waals surface area contributed by atoms with E-state index < -0.39 is 4.92 Å². The number of nitrogens with two attached hydrogens (primary N) is 1. The molecule has 0 spiro atoms. The van der Waals surface area contributed by atoms with Gasteiger partial charge in [-0.05, 0) is 50.6 Å². The Morgan fingerprint density at radius 2 is 1.92 bits per heavy atom. The molecule has 7 nitrogen and oxygen atoms in total. The van der Waals surface area contributed by atoms with Crippen LogP contribution in [-0.2, 0) is 11.3 Å². The Labute approximate surface area is 152 Å². The maximum atomic E-state index is 12.9. The lowest BCUT2D eigenvalue weighted by molar-refractivity contribution is -0.707. The van der Waals surface area contributed by atoms with Crippen LogP contribution in [0.3, 0.4) is 0 Å². The highest BCUT2D eigenvalue weighted by molar-refractivity contribution is 5.78. The number of amides is 1. The zero-order valence-electron chi connectivity index (χ0n) is 15.4. The number of rotatable bonds is 4. The zero-order valence-corrected chi connectivity index (χ0v) is 15.4. The summed E-state index contributed by atoms with van der Waals surface area (Å²) in [4.78, 5) is 25.3. The lowest BCUT2D eigenvalue weighted by Crippen LogP contribution is -2.96. The molecule has 0 bridgehead atoms. The van der Waals surface area contributed by atoms with Crippen LogP contribution in [0.5, 0.6) is 0 Å². The Balaban J connectivity index is 1.91. The van der Waals surface area contributed by atoms with Crippen LogP contribution in [0.2, 0.25) is 0 Å². The van der Waals surface area contributed by atoms with Crippen LogP contribution >= 0.6 is 0 Å². The smallest absolute Gasteiger partial charge is 0.278 e. The predicted octanol–water partition coefficient (Wildman–Crippen LogP) is 1.69. The van der Waals surface area contributed by atoms with Gasteiger partial charge in [0.2, 0.25) is 0 Å². The first-order chi connectivity index (χ1) is 12.3. The second-order valence-corrected chi connectivity index (χ2v) is 7.74. The van der Waals surface area contributed by atoms with Crippen LogP contribution in [0, 0.1) is 10.1 Å². The molecule has 2 heterocycles. The van der Waals surface area contributed by atoms with E-state index in [9.17, 15) is 14.9 Å². The van der Waals surface area contributed by atoms with Gasteiger partial charge in [0.1, 0.15) is 0 Å². The average Bonchev–Trinajstić information content (AvgIpc) is 3.07. The summed E-state index contributed by atoms with van der Waals surface area (Å²) in [5.41, 5.74) is 1.96. The van der Waals surface area contributed by atoms with E-state index in [4.69, 9.17) is 0 Å². The SMILES string of the molecule is CC(C)(C)[NH2+]CC(=O)N1CCn2cccc2[C@@H]1c1ccc([N+](=O)[O-])cc1. The second-order valence-electron chi connectivity index (χ2n) is 7.74. The topological polar surface area (TPSA) is 85.0 Å². The van der Waals surface area contributed by atoms with Gasteiger partial charge in [0.25, 0.3) is 11.6 Å². The molecule has 2 aromatic rings. The molecule has 0 saturated carbocycles. The van der Waals surface area contributed by atoms with Gasteiger partial charge in [-0.2, -0.15) is 0 Å². The molecule has 0 aliphatic carbocycles. The van der Waals surface area contributed by atoms with Crippen LogP contribution in [0.1, 0.15) is 38.1 Å². The molecule has 0 unspecified atom stereocenters. The molecule has 7 heteroatoms. The van der Waals surface area contributed by atoms with E-state index in [0.717, 1.165) is 17.8 Å². The maximum absolute atomic E-state index is 12.9. The van der Waals surface area contributed by atoms with Gasteiger partial charge in [-0.3, -0.25) is 14.9 Å². The molecule has 1 aliphatic heterocycles. The number of hydrogen-bond acceptors (Lipinski definition) is 3. The van der Waals surface area contributed by atoms with Crippen molar-refractivity contribution in [3.8, 4) is 0 Å². The Kier molecular flexibility index (Phi) is 4.82. The molecule has 1 aliphatic rings. The van der Waals surface area contributed by atoms with Gasteiger partial charge in [0.05, 0.1) is 16.5 Å². The standard InChI is InChI=1S/C19H24N4O3/c1-19(2,3)20-13-17(24)22-12-11-21-10-4-5-16(21)18(22)14-6-8-15(9-7-14)23(25)26/h4-10,18,20H,11-13H2,1-3H3/p+1/t18-/m0/s1. The second kappa shape index (κ2) is 6.92. The van der Waals surface area contributed by atoms with E-state index in [0.29, 0.717) is 13.1 Å². The van der Waals surface area contributed by atoms with Crippen molar-refractivity contribution in [1.82, 2.24) is 9.47 Å². The minimum absolute atomic E-state index is 0.0193. The number of nitro groups is 1. The highest BCUT2D eigenvalue weighted by atomic mass is 16.6. The van der Waals surface area contributed by atoms with Gasteiger partial charge >= 0.3 is 0 Å². The minimum atomic E-state index is -0.408. The molecule has 2 N–H and O–H groups in total. The lowest BCUT2D eigenvalue weighted by Gasteiger charge is -2.37. The number of hydrogen-bond donors (Lipinski definition) is 1. The number of nitro benzene ring substituents is 1. The van der Waals surface area contributed by atoms with Crippen LogP contribution < -0.4 is 5.32 Å². The number of carbonyl (C=O) groups is 1. The van der Waals surface area contributed by atoms with Crippen LogP contribution in [0.25, 0.3) is 0 Å². The summed E-state index contributed by atoms with van der Waals surface area (Å²) in [7, 11) is 0. The number of fused-ring (bicyclic) bond motifs is 1. The molecule has 1 amide bonds. The van der Waals surface area contributed by atoms with Gasteiger partial charge in [-0.15, -0.1) is 0 Å². The van der Waals surface area contributed by atoms with E-state index in [2.05, 4.69) is 25.3 Å². The first kappa shape index (κ1) is 18.1. The lowest BCUT2D eigenvalue weighted by atomic mass is 9.99. The molecule has 1 aromatic carbocycles. The Hall–Kier alpha value is -2.67. The average molecular weight is 357 g/mol. The summed E-state index contributed by atoms with van der Waals surface area (Å²) in [6.45, 7) is 8.00. The summed E-state index contributed by atoms with van der Waals surface area (Å²) >= 11 is 0. The number of benzene rings is 1. The maximum Gasteiger partial charge on any atom is 0.278 e. The third-order valence-corrected chi connectivity index (χ3v) is 4.67. The number of nitrogens with zero attached hydrogens (tertiary/aromatic N) is 3. The van der Waals surface area contributed by atoms with Gasteiger partial charge in [0.15, 0.2) is 6.54 Å². The van der Waals surface area contributed by atoms with E-state index in [1.54, 1.807) is 12.1 Å². The highest BCUT2D eigenvalue weighted by Gasteiger charge is 2.33. The Bertz CT molecular complexity index is 805. The van der Waals surface area contributed by atoms with Gasteiger partial charge < -0.3 is 14.8 Å². The summed E-state index contributed by atoms with van der Waals surface area (Å²) in [5.74, 6) is 0.0794.